The lowest BCUT2D eigenvalue weighted by molar-refractivity contribution is -0.140. The summed E-state index contributed by atoms with van der Waals surface area (Å²) < 4.78 is 16.7. The number of carbonyl (C=O) groups is 2. The van der Waals surface area contributed by atoms with Crippen LogP contribution < -0.4 is 5.43 Å². The minimum Gasteiger partial charge on any atom is -0.507 e. The molecule has 0 fully saturated rings. The van der Waals surface area contributed by atoms with Crippen molar-refractivity contribution in [2.45, 2.75) is 12.3 Å². The van der Waals surface area contributed by atoms with Gasteiger partial charge in [0.25, 0.3) is 0 Å². The number of ether oxygens (including phenoxy) is 1. The molecule has 0 radical (unpaired) electrons. The van der Waals surface area contributed by atoms with E-state index in [4.69, 9.17) is 13.6 Å². The van der Waals surface area contributed by atoms with Crippen LogP contribution >= 0.6 is 0 Å². The molecule has 2 heterocycles. The number of rotatable bonds is 7. The van der Waals surface area contributed by atoms with E-state index in [0.717, 1.165) is 25.3 Å². The van der Waals surface area contributed by atoms with Crippen LogP contribution in [0.15, 0.2) is 74.3 Å². The minimum absolute atomic E-state index is 0.0364. The number of phenols is 4. The molecule has 0 spiro atoms. The maximum Gasteiger partial charge on any atom is 0.336 e. The molecule has 0 aliphatic rings. The quantitative estimate of drug-likeness (QED) is 0.116. The van der Waals surface area contributed by atoms with Gasteiger partial charge in [0.2, 0.25) is 11.2 Å². The van der Waals surface area contributed by atoms with Gasteiger partial charge in [0.15, 0.2) is 17.3 Å². The molecule has 3 aromatic carbocycles. The summed E-state index contributed by atoms with van der Waals surface area (Å²) in [5.41, 5.74) is -1.56. The van der Waals surface area contributed by atoms with Crippen molar-refractivity contribution < 1.29 is 53.8 Å². The molecule has 0 aliphatic carbocycles. The average Bonchev–Trinajstić information content (AvgIpc) is 3.45. The maximum atomic E-state index is 13.3. The van der Waals surface area contributed by atoms with Crippen molar-refractivity contribution in [1.29, 1.82) is 0 Å². The van der Waals surface area contributed by atoms with Crippen molar-refractivity contribution >= 4 is 22.9 Å². The van der Waals surface area contributed by atoms with E-state index >= 15 is 0 Å². The average molecular weight is 574 g/mol. The van der Waals surface area contributed by atoms with Gasteiger partial charge in [-0.1, -0.05) is 18.2 Å². The topological polar surface area (TPSA) is 208 Å². The van der Waals surface area contributed by atoms with Crippen molar-refractivity contribution in [3.8, 4) is 51.4 Å². The first-order valence-corrected chi connectivity index (χ1v) is 12.3. The van der Waals surface area contributed by atoms with E-state index in [0.29, 0.717) is 0 Å². The van der Waals surface area contributed by atoms with E-state index in [1.54, 1.807) is 12.1 Å². The molecule has 5 rings (SSSR count). The number of fused-ring (bicyclic) bond motifs is 1. The number of carbonyl (C=O) groups excluding carboxylic acids is 1. The number of hydrogen-bond donors (Lipinski definition) is 6. The van der Waals surface area contributed by atoms with Gasteiger partial charge in [-0.15, -0.1) is 0 Å². The summed E-state index contributed by atoms with van der Waals surface area (Å²) in [5, 5.41) is 61.0. The number of esters is 1. The summed E-state index contributed by atoms with van der Waals surface area (Å²) in [6.45, 7) is 0. The summed E-state index contributed by atoms with van der Waals surface area (Å²) in [4.78, 5) is 37.5. The lowest BCUT2D eigenvalue weighted by atomic mass is 9.90. The molecule has 0 saturated carbocycles. The highest BCUT2D eigenvalue weighted by atomic mass is 16.5. The third-order valence-electron chi connectivity index (χ3n) is 6.72. The maximum absolute atomic E-state index is 13.3. The van der Waals surface area contributed by atoms with E-state index < -0.39 is 75.2 Å². The van der Waals surface area contributed by atoms with Gasteiger partial charge < -0.3 is 44.2 Å². The van der Waals surface area contributed by atoms with Crippen LogP contribution in [-0.2, 0) is 9.53 Å². The van der Waals surface area contributed by atoms with Gasteiger partial charge in [-0.05, 0) is 36.4 Å². The van der Waals surface area contributed by atoms with Crippen molar-refractivity contribution in [3.05, 3.63) is 87.8 Å². The molecule has 42 heavy (non-hydrogen) atoms. The van der Waals surface area contributed by atoms with Crippen LogP contribution in [0.2, 0.25) is 0 Å². The molecule has 0 amide bonds. The Balaban J connectivity index is 1.78. The highest BCUT2D eigenvalue weighted by Crippen LogP contribution is 2.45. The normalized spacial score (nSPS) is 11.8. The molecule has 5 aromatic rings. The van der Waals surface area contributed by atoms with Gasteiger partial charge in [-0.2, -0.15) is 0 Å². The second kappa shape index (κ2) is 10.6. The molecular formula is C30H22O12. The van der Waals surface area contributed by atoms with Crippen LogP contribution in [0.25, 0.3) is 33.6 Å². The van der Waals surface area contributed by atoms with E-state index in [9.17, 15) is 45.0 Å². The van der Waals surface area contributed by atoms with Crippen LogP contribution in [0.5, 0.6) is 28.7 Å². The van der Waals surface area contributed by atoms with Gasteiger partial charge in [0, 0.05) is 22.8 Å². The number of phenolic OH excluding ortho intramolecular Hbond substituents is 4. The fourth-order valence-corrected chi connectivity index (χ4v) is 4.71. The van der Waals surface area contributed by atoms with Crippen molar-refractivity contribution in [3.63, 3.8) is 0 Å². The second-order valence-electron chi connectivity index (χ2n) is 9.23. The SMILES string of the molecule is COC(=O)C[C@H](c1ccc(-c2ccccc2C(=O)O)o1)c1c(O)cc(O)c2c(=O)c(O)c(-c3ccc(O)c(O)c3)oc12. The number of benzene rings is 3. The lowest BCUT2D eigenvalue weighted by Crippen LogP contribution is -2.12. The predicted octanol–water partition coefficient (Wildman–Crippen LogP) is 4.64. The number of carboxylic acids is 1. The molecule has 0 bridgehead atoms. The Morgan fingerprint density at radius 2 is 1.60 bits per heavy atom. The minimum atomic E-state index is -1.21. The van der Waals surface area contributed by atoms with Gasteiger partial charge in [0.05, 0.1) is 25.0 Å². The molecule has 0 unspecified atom stereocenters. The Bertz CT molecular complexity index is 1930. The molecular weight excluding hydrogens is 552 g/mol. The standard InChI is InChI=1S/C30H22O12/c1-40-23(35)11-16(22-9-8-21(41-22)14-4-2-3-5-15(14)30(38)39)24-19(33)12-20(34)25-26(36)27(37)28(42-29(24)25)13-6-7-17(31)18(32)10-13/h2-10,12,16,31-34,37H,11H2,1H3,(H,38,39)/t16-/m1/s1. The Kier molecular flexibility index (Phi) is 6.96. The van der Waals surface area contributed by atoms with Crippen LogP contribution in [0.1, 0.15) is 34.0 Å². The summed E-state index contributed by atoms with van der Waals surface area (Å²) >= 11 is 0. The molecule has 1 atom stereocenters. The van der Waals surface area contributed by atoms with Gasteiger partial charge >= 0.3 is 11.9 Å². The lowest BCUT2D eigenvalue weighted by Gasteiger charge is -2.18. The molecule has 6 N–H and O–H groups in total. The third-order valence-corrected chi connectivity index (χ3v) is 6.72. The van der Waals surface area contributed by atoms with Gasteiger partial charge in [-0.25, -0.2) is 4.79 Å². The summed E-state index contributed by atoms with van der Waals surface area (Å²) in [7, 11) is 1.14. The van der Waals surface area contributed by atoms with Crippen molar-refractivity contribution in [2.24, 2.45) is 0 Å². The zero-order valence-corrected chi connectivity index (χ0v) is 21.7. The van der Waals surface area contributed by atoms with Crippen molar-refractivity contribution in [1.82, 2.24) is 0 Å². The smallest absolute Gasteiger partial charge is 0.336 e. The summed E-state index contributed by atoms with van der Waals surface area (Å²) in [6, 6.07) is 13.2. The Morgan fingerprint density at radius 1 is 0.857 bits per heavy atom. The Hall–Kier alpha value is -5.91. The second-order valence-corrected chi connectivity index (χ2v) is 9.23. The van der Waals surface area contributed by atoms with Crippen LogP contribution in [0.4, 0.5) is 0 Å². The highest BCUT2D eigenvalue weighted by molar-refractivity contribution is 5.95. The van der Waals surface area contributed by atoms with E-state index in [1.165, 1.54) is 30.3 Å². The first-order valence-electron chi connectivity index (χ1n) is 12.3. The predicted molar refractivity (Wildman–Crippen MR) is 146 cm³/mol. The zero-order chi connectivity index (χ0) is 30.3. The molecule has 214 valence electrons. The first-order chi connectivity index (χ1) is 20.0. The monoisotopic (exact) mass is 574 g/mol. The molecule has 2 aromatic heterocycles. The molecule has 12 heteroatoms. The molecule has 0 saturated heterocycles. The molecule has 12 nitrogen and oxygen atoms in total. The highest BCUT2D eigenvalue weighted by Gasteiger charge is 2.32. The van der Waals surface area contributed by atoms with E-state index in [-0.39, 0.29) is 33.8 Å². The van der Waals surface area contributed by atoms with Crippen LogP contribution in [-0.4, -0.2) is 49.7 Å². The number of furan rings is 1. The van der Waals surface area contributed by atoms with Crippen molar-refractivity contribution in [2.75, 3.05) is 7.11 Å². The third kappa shape index (κ3) is 4.70. The first kappa shape index (κ1) is 27.6. The number of aromatic hydroxyl groups is 5. The largest absolute Gasteiger partial charge is 0.507 e. The Labute approximate surface area is 235 Å². The van der Waals surface area contributed by atoms with E-state index in [1.807, 2.05) is 0 Å². The van der Waals surface area contributed by atoms with Crippen LogP contribution in [0, 0.1) is 0 Å². The number of aromatic carboxylic acids is 1. The fraction of sp³-hybridized carbons (Fsp3) is 0.100. The zero-order valence-electron chi connectivity index (χ0n) is 21.7. The summed E-state index contributed by atoms with van der Waals surface area (Å²) in [6.07, 6.45) is -0.461. The van der Waals surface area contributed by atoms with Gasteiger partial charge in [0.1, 0.15) is 34.0 Å². The van der Waals surface area contributed by atoms with E-state index in [2.05, 4.69) is 0 Å². The fourth-order valence-electron chi connectivity index (χ4n) is 4.71. The number of methoxy groups -OCH3 is 1. The number of carboxylic acid groups (broad SMARTS) is 1. The molecule has 0 aliphatic heterocycles. The van der Waals surface area contributed by atoms with Crippen LogP contribution in [0.3, 0.4) is 0 Å². The number of hydrogen-bond acceptors (Lipinski definition) is 11. The van der Waals surface area contributed by atoms with Gasteiger partial charge in [-0.3, -0.25) is 9.59 Å². The summed E-state index contributed by atoms with van der Waals surface area (Å²) in [5.74, 6) is -6.81. The Morgan fingerprint density at radius 3 is 2.29 bits per heavy atom.